The number of aliphatic hydroxyl groups excluding tert-OH is 1. The van der Waals surface area contributed by atoms with Gasteiger partial charge in [0.1, 0.15) is 6.23 Å². The Kier molecular flexibility index (Phi) is 3.73. The molecule has 1 aromatic heterocycles. The van der Waals surface area contributed by atoms with Gasteiger partial charge in [-0.25, -0.2) is 4.79 Å². The molecule has 0 bridgehead atoms. The van der Waals surface area contributed by atoms with E-state index < -0.39 is 23.1 Å². The molecule has 1 aliphatic heterocycles. The van der Waals surface area contributed by atoms with Crippen LogP contribution in [0, 0.1) is 5.92 Å². The molecule has 0 aliphatic carbocycles. The van der Waals surface area contributed by atoms with Crippen molar-refractivity contribution in [1.82, 2.24) is 9.55 Å². The lowest BCUT2D eigenvalue weighted by molar-refractivity contribution is -0.109. The molecule has 1 aliphatic rings. The Morgan fingerprint density at radius 1 is 1.68 bits per heavy atom. The van der Waals surface area contributed by atoms with Gasteiger partial charge in [0.2, 0.25) is 0 Å². The fourth-order valence-corrected chi connectivity index (χ4v) is 2.53. The van der Waals surface area contributed by atoms with E-state index in [1.807, 2.05) is 6.92 Å². The number of hydrogen-bond donors (Lipinski definition) is 2. The second-order valence-corrected chi connectivity index (χ2v) is 4.94. The quantitative estimate of drug-likeness (QED) is 0.773. The predicted molar refractivity (Wildman–Crippen MR) is 69.9 cm³/mol. The summed E-state index contributed by atoms with van der Waals surface area (Å²) in [6.07, 6.45) is 3.75. The standard InChI is InChI=1S/C13H18N2O4/c1-3-5-13(8-16)9(2)7-11(19-13)15-6-4-10(17)14-12(15)18/h3-4,6,9,11,16H,1,5,7-8H2,2H3,(H,14,17,18)/t9-,11+,13?/m0/s1. The van der Waals surface area contributed by atoms with Gasteiger partial charge in [0.05, 0.1) is 12.2 Å². The lowest BCUT2D eigenvalue weighted by Gasteiger charge is -2.29. The minimum atomic E-state index is -0.706. The van der Waals surface area contributed by atoms with Gasteiger partial charge in [-0.1, -0.05) is 13.0 Å². The summed E-state index contributed by atoms with van der Waals surface area (Å²) in [7, 11) is 0. The maximum absolute atomic E-state index is 11.7. The number of aromatic amines is 1. The molecule has 3 atom stereocenters. The van der Waals surface area contributed by atoms with Crippen molar-refractivity contribution in [3.63, 3.8) is 0 Å². The summed E-state index contributed by atoms with van der Waals surface area (Å²) in [5.41, 5.74) is -1.65. The summed E-state index contributed by atoms with van der Waals surface area (Å²) in [5, 5.41) is 9.58. The molecule has 19 heavy (non-hydrogen) atoms. The monoisotopic (exact) mass is 266 g/mol. The smallest absolute Gasteiger partial charge is 0.330 e. The van der Waals surface area contributed by atoms with Crippen LogP contribution in [0.25, 0.3) is 0 Å². The molecule has 1 fully saturated rings. The number of aromatic nitrogens is 2. The lowest BCUT2D eigenvalue weighted by Crippen LogP contribution is -2.39. The summed E-state index contributed by atoms with van der Waals surface area (Å²) < 4.78 is 7.22. The van der Waals surface area contributed by atoms with E-state index in [1.54, 1.807) is 6.08 Å². The molecular formula is C13H18N2O4. The van der Waals surface area contributed by atoms with Crippen molar-refractivity contribution in [2.75, 3.05) is 6.61 Å². The minimum Gasteiger partial charge on any atom is -0.393 e. The summed E-state index contributed by atoms with van der Waals surface area (Å²) >= 11 is 0. The molecule has 0 aromatic carbocycles. The molecule has 2 N–H and O–H groups in total. The van der Waals surface area contributed by atoms with Crippen molar-refractivity contribution in [2.24, 2.45) is 5.92 Å². The highest BCUT2D eigenvalue weighted by Crippen LogP contribution is 2.42. The molecule has 1 aromatic rings. The van der Waals surface area contributed by atoms with Crippen molar-refractivity contribution in [3.8, 4) is 0 Å². The van der Waals surface area contributed by atoms with Crippen molar-refractivity contribution in [2.45, 2.75) is 31.6 Å². The van der Waals surface area contributed by atoms with E-state index in [9.17, 15) is 14.7 Å². The van der Waals surface area contributed by atoms with Crippen molar-refractivity contribution in [1.29, 1.82) is 0 Å². The van der Waals surface area contributed by atoms with E-state index in [-0.39, 0.29) is 12.5 Å². The van der Waals surface area contributed by atoms with E-state index in [0.29, 0.717) is 12.8 Å². The fourth-order valence-electron chi connectivity index (χ4n) is 2.53. The number of nitrogens with zero attached hydrogens (tertiary/aromatic N) is 1. The molecule has 0 amide bonds. The van der Waals surface area contributed by atoms with Crippen LogP contribution >= 0.6 is 0 Å². The summed E-state index contributed by atoms with van der Waals surface area (Å²) in [6, 6.07) is 1.28. The zero-order valence-corrected chi connectivity index (χ0v) is 10.8. The van der Waals surface area contributed by atoms with Gasteiger partial charge in [0.15, 0.2) is 0 Å². The van der Waals surface area contributed by atoms with Crippen molar-refractivity contribution in [3.05, 3.63) is 45.8 Å². The number of aliphatic hydroxyl groups is 1. The Labute approximate surface area is 110 Å². The van der Waals surface area contributed by atoms with Gasteiger partial charge < -0.3 is 9.84 Å². The predicted octanol–water partition coefficient (Wildman–Crippen LogP) is 0.399. The van der Waals surface area contributed by atoms with Gasteiger partial charge in [-0.05, 0) is 18.8 Å². The highest BCUT2D eigenvalue weighted by atomic mass is 16.5. The zero-order valence-electron chi connectivity index (χ0n) is 10.8. The first-order valence-electron chi connectivity index (χ1n) is 6.23. The Morgan fingerprint density at radius 2 is 2.42 bits per heavy atom. The van der Waals surface area contributed by atoms with Crippen LogP contribution in [-0.4, -0.2) is 26.9 Å². The Morgan fingerprint density at radius 3 is 3.00 bits per heavy atom. The zero-order chi connectivity index (χ0) is 14.0. The second kappa shape index (κ2) is 5.14. The van der Waals surface area contributed by atoms with Crippen LogP contribution in [0.2, 0.25) is 0 Å². The molecule has 6 nitrogen and oxygen atoms in total. The SMILES string of the molecule is C=CCC1(CO)O[C@@H](n2ccc(=O)[nH]c2=O)C[C@@H]1C. The largest absolute Gasteiger partial charge is 0.393 e. The molecule has 0 saturated carbocycles. The third-order valence-electron chi connectivity index (χ3n) is 3.74. The molecule has 2 heterocycles. The number of nitrogens with one attached hydrogen (secondary N) is 1. The average molecular weight is 266 g/mol. The van der Waals surface area contributed by atoms with E-state index in [4.69, 9.17) is 4.74 Å². The minimum absolute atomic E-state index is 0.0827. The molecule has 6 heteroatoms. The van der Waals surface area contributed by atoms with Gasteiger partial charge in [0.25, 0.3) is 5.56 Å². The summed E-state index contributed by atoms with van der Waals surface area (Å²) in [4.78, 5) is 25.0. The molecule has 0 spiro atoms. The lowest BCUT2D eigenvalue weighted by atomic mass is 9.86. The molecular weight excluding hydrogens is 248 g/mol. The second-order valence-electron chi connectivity index (χ2n) is 4.94. The van der Waals surface area contributed by atoms with Crippen LogP contribution in [0.15, 0.2) is 34.5 Å². The molecule has 2 rings (SSSR count). The normalized spacial score (nSPS) is 30.4. The van der Waals surface area contributed by atoms with Crippen LogP contribution in [-0.2, 0) is 4.74 Å². The van der Waals surface area contributed by atoms with Crippen molar-refractivity contribution < 1.29 is 9.84 Å². The number of hydrogen-bond acceptors (Lipinski definition) is 4. The molecule has 104 valence electrons. The van der Waals surface area contributed by atoms with Gasteiger partial charge in [0, 0.05) is 12.3 Å². The van der Waals surface area contributed by atoms with E-state index in [1.165, 1.54) is 16.8 Å². The van der Waals surface area contributed by atoms with Crippen LogP contribution in [0.4, 0.5) is 0 Å². The number of ether oxygens (including phenoxy) is 1. The highest BCUT2D eigenvalue weighted by Gasteiger charge is 2.45. The first kappa shape index (κ1) is 13.8. The third-order valence-corrected chi connectivity index (χ3v) is 3.74. The number of H-pyrrole nitrogens is 1. The average Bonchev–Trinajstić information content (AvgIpc) is 2.67. The van der Waals surface area contributed by atoms with Crippen molar-refractivity contribution >= 4 is 0 Å². The maximum atomic E-state index is 11.7. The topological polar surface area (TPSA) is 84.3 Å². The van der Waals surface area contributed by atoms with Crippen LogP contribution < -0.4 is 11.2 Å². The molecule has 1 unspecified atom stereocenters. The van der Waals surface area contributed by atoms with Crippen LogP contribution in [0.5, 0.6) is 0 Å². The highest BCUT2D eigenvalue weighted by molar-refractivity contribution is 4.98. The Balaban J connectivity index is 2.32. The van der Waals surface area contributed by atoms with E-state index in [0.717, 1.165) is 0 Å². The molecule has 0 radical (unpaired) electrons. The first-order valence-corrected chi connectivity index (χ1v) is 6.23. The summed E-state index contributed by atoms with van der Waals surface area (Å²) in [6.45, 7) is 5.51. The van der Waals surface area contributed by atoms with Crippen LogP contribution in [0.3, 0.4) is 0 Å². The van der Waals surface area contributed by atoms with E-state index >= 15 is 0 Å². The fraction of sp³-hybridized carbons (Fsp3) is 0.538. The number of rotatable bonds is 4. The Bertz CT molecular complexity index is 576. The molecule has 1 saturated heterocycles. The van der Waals surface area contributed by atoms with Gasteiger partial charge >= 0.3 is 5.69 Å². The third kappa shape index (κ3) is 2.41. The Hall–Kier alpha value is -1.66. The van der Waals surface area contributed by atoms with Gasteiger partial charge in [-0.3, -0.25) is 14.3 Å². The van der Waals surface area contributed by atoms with Gasteiger partial charge in [-0.2, -0.15) is 0 Å². The maximum Gasteiger partial charge on any atom is 0.330 e. The summed E-state index contributed by atoms with van der Waals surface area (Å²) in [5.74, 6) is 0.0827. The first-order chi connectivity index (χ1) is 9.02. The van der Waals surface area contributed by atoms with E-state index in [2.05, 4.69) is 11.6 Å². The van der Waals surface area contributed by atoms with Crippen LogP contribution in [0.1, 0.15) is 26.0 Å². The van der Waals surface area contributed by atoms with Gasteiger partial charge in [-0.15, -0.1) is 6.58 Å².